The van der Waals surface area contributed by atoms with E-state index in [0.29, 0.717) is 5.02 Å². The molecule has 0 N–H and O–H groups in total. The normalized spacial score (nSPS) is 12.8. The molecule has 0 aliphatic carbocycles. The first-order valence-corrected chi connectivity index (χ1v) is 8.18. The van der Waals surface area contributed by atoms with Gasteiger partial charge in [0.1, 0.15) is 11.3 Å². The number of benzene rings is 2. The number of imidazole rings is 1. The van der Waals surface area contributed by atoms with Gasteiger partial charge in [-0.15, -0.1) is 11.6 Å². The van der Waals surface area contributed by atoms with Gasteiger partial charge in [-0.3, -0.25) is 4.57 Å². The van der Waals surface area contributed by atoms with Crippen LogP contribution in [0.4, 0.5) is 0 Å². The van der Waals surface area contributed by atoms with Gasteiger partial charge < -0.3 is 0 Å². The van der Waals surface area contributed by atoms with E-state index >= 15 is 0 Å². The van der Waals surface area contributed by atoms with Gasteiger partial charge >= 0.3 is 0 Å². The smallest absolute Gasteiger partial charge is 0.132 e. The van der Waals surface area contributed by atoms with Crippen LogP contribution in [0.1, 0.15) is 23.7 Å². The zero-order valence-electron chi connectivity index (χ0n) is 11.6. The third-order valence-corrected chi connectivity index (χ3v) is 4.96. The van der Waals surface area contributed by atoms with E-state index in [0.717, 1.165) is 32.6 Å². The first-order valence-electron chi connectivity index (χ1n) is 6.57. The molecule has 0 saturated carbocycles. The van der Waals surface area contributed by atoms with Crippen LogP contribution >= 0.6 is 39.1 Å². The van der Waals surface area contributed by atoms with Gasteiger partial charge in [0.05, 0.1) is 21.6 Å². The molecule has 0 amide bonds. The number of hydrogen-bond acceptors (Lipinski definition) is 1. The third kappa shape index (κ3) is 2.48. The Bertz CT molecular complexity index is 825. The van der Waals surface area contributed by atoms with Crippen LogP contribution in [0.2, 0.25) is 5.02 Å². The molecule has 0 spiro atoms. The number of aryl methyl sites for hydroxylation is 1. The van der Waals surface area contributed by atoms with E-state index < -0.39 is 0 Å². The van der Waals surface area contributed by atoms with Crippen LogP contribution in [-0.4, -0.2) is 9.55 Å². The maximum absolute atomic E-state index is 6.33. The summed E-state index contributed by atoms with van der Waals surface area (Å²) in [4.78, 5) is 4.64. The second-order valence-electron chi connectivity index (χ2n) is 4.94. The summed E-state index contributed by atoms with van der Waals surface area (Å²) in [7, 11) is 0. The Kier molecular flexibility index (Phi) is 4.00. The lowest BCUT2D eigenvalue weighted by Crippen LogP contribution is -2.03. The monoisotopic (exact) mass is 382 g/mol. The molecule has 2 nitrogen and oxygen atoms in total. The van der Waals surface area contributed by atoms with E-state index in [9.17, 15) is 0 Å². The minimum absolute atomic E-state index is 0.221. The summed E-state index contributed by atoms with van der Waals surface area (Å²) in [5.74, 6) is 0.783. The van der Waals surface area contributed by atoms with Crippen LogP contribution in [0.5, 0.6) is 0 Å². The number of alkyl halides is 1. The number of hydrogen-bond donors (Lipinski definition) is 0. The molecule has 5 heteroatoms. The predicted octanol–water partition coefficient (Wildman–Crippen LogP) is 6.05. The molecule has 0 radical (unpaired) electrons. The lowest BCUT2D eigenvalue weighted by molar-refractivity contribution is 0.879. The maximum atomic E-state index is 6.33. The lowest BCUT2D eigenvalue weighted by Gasteiger charge is -2.13. The summed E-state index contributed by atoms with van der Waals surface area (Å²) in [5.41, 5.74) is 3.90. The average Bonchev–Trinajstić information content (AvgIpc) is 2.83. The van der Waals surface area contributed by atoms with Gasteiger partial charge in [-0.25, -0.2) is 4.98 Å². The Hall–Kier alpha value is -1.03. The molecule has 0 aliphatic rings. The molecular formula is C16H13BrCl2N2. The Labute approximate surface area is 141 Å². The van der Waals surface area contributed by atoms with Gasteiger partial charge in [0.25, 0.3) is 0 Å². The van der Waals surface area contributed by atoms with E-state index in [2.05, 4.69) is 38.5 Å². The number of nitrogens with zero attached hydrogens (tertiary/aromatic N) is 2. The molecule has 0 aliphatic heterocycles. The fraction of sp³-hybridized carbons (Fsp3) is 0.188. The first-order chi connectivity index (χ1) is 10.0. The highest BCUT2D eigenvalue weighted by atomic mass is 79.9. The fourth-order valence-electron chi connectivity index (χ4n) is 2.41. The SMILES string of the molecule is Cc1cccc(-n2c(C(C)Cl)nc3c(Cl)cccc32)c1Br. The minimum atomic E-state index is -0.221. The zero-order chi connectivity index (χ0) is 15.1. The summed E-state index contributed by atoms with van der Waals surface area (Å²) in [5, 5.41) is 0.412. The van der Waals surface area contributed by atoms with Crippen molar-refractivity contribution >= 4 is 50.2 Å². The third-order valence-electron chi connectivity index (χ3n) is 3.43. The summed E-state index contributed by atoms with van der Waals surface area (Å²) >= 11 is 16.3. The molecule has 0 saturated heterocycles. The van der Waals surface area contributed by atoms with E-state index in [4.69, 9.17) is 23.2 Å². The van der Waals surface area contributed by atoms with Crippen molar-refractivity contribution in [1.82, 2.24) is 9.55 Å². The molecule has 1 unspecified atom stereocenters. The highest BCUT2D eigenvalue weighted by Crippen LogP contribution is 2.34. The van der Waals surface area contributed by atoms with E-state index in [-0.39, 0.29) is 5.38 Å². The van der Waals surface area contributed by atoms with Crippen molar-refractivity contribution in [3.8, 4) is 5.69 Å². The number of halogens is 3. The van der Waals surface area contributed by atoms with Crippen molar-refractivity contribution in [2.75, 3.05) is 0 Å². The molecule has 1 aromatic heterocycles. The summed E-state index contributed by atoms with van der Waals surface area (Å²) < 4.78 is 3.10. The van der Waals surface area contributed by atoms with Crippen LogP contribution in [0, 0.1) is 6.92 Å². The Balaban J connectivity index is 2.43. The van der Waals surface area contributed by atoms with E-state index in [1.165, 1.54) is 0 Å². The largest absolute Gasteiger partial charge is 0.294 e. The van der Waals surface area contributed by atoms with Gasteiger partial charge in [0.2, 0.25) is 0 Å². The highest BCUT2D eigenvalue weighted by Gasteiger charge is 2.19. The van der Waals surface area contributed by atoms with Crippen molar-refractivity contribution in [1.29, 1.82) is 0 Å². The van der Waals surface area contributed by atoms with Gasteiger partial charge in [0.15, 0.2) is 0 Å². The number of para-hydroxylation sites is 1. The maximum Gasteiger partial charge on any atom is 0.132 e. The molecule has 0 bridgehead atoms. The minimum Gasteiger partial charge on any atom is -0.294 e. The van der Waals surface area contributed by atoms with Gasteiger partial charge in [-0.2, -0.15) is 0 Å². The first kappa shape index (κ1) is 14.9. The van der Waals surface area contributed by atoms with Gasteiger partial charge in [0, 0.05) is 4.47 Å². The quantitative estimate of drug-likeness (QED) is 0.492. The second-order valence-corrected chi connectivity index (χ2v) is 6.79. The molecule has 21 heavy (non-hydrogen) atoms. The van der Waals surface area contributed by atoms with Crippen molar-refractivity contribution in [2.24, 2.45) is 0 Å². The topological polar surface area (TPSA) is 17.8 Å². The molecule has 3 rings (SSSR count). The zero-order valence-corrected chi connectivity index (χ0v) is 14.7. The van der Waals surface area contributed by atoms with E-state index in [1.54, 1.807) is 0 Å². The van der Waals surface area contributed by atoms with Crippen LogP contribution < -0.4 is 0 Å². The fourth-order valence-corrected chi connectivity index (χ4v) is 3.21. The van der Waals surface area contributed by atoms with Crippen molar-refractivity contribution in [2.45, 2.75) is 19.2 Å². The summed E-state index contributed by atoms with van der Waals surface area (Å²) in [6.07, 6.45) is 0. The summed E-state index contributed by atoms with van der Waals surface area (Å²) in [6, 6.07) is 11.9. The Morgan fingerprint density at radius 1 is 1.19 bits per heavy atom. The molecule has 1 atom stereocenters. The molecule has 108 valence electrons. The highest BCUT2D eigenvalue weighted by molar-refractivity contribution is 9.10. The Morgan fingerprint density at radius 3 is 2.62 bits per heavy atom. The predicted molar refractivity (Wildman–Crippen MR) is 92.8 cm³/mol. The second kappa shape index (κ2) is 5.64. The number of rotatable bonds is 2. The van der Waals surface area contributed by atoms with Crippen molar-refractivity contribution < 1.29 is 0 Å². The van der Waals surface area contributed by atoms with Crippen LogP contribution in [0.15, 0.2) is 40.9 Å². The van der Waals surface area contributed by atoms with Gasteiger partial charge in [-0.1, -0.05) is 29.8 Å². The standard InChI is InChI=1S/C16H13BrCl2N2/c1-9-5-3-7-12(14(9)17)21-13-8-4-6-11(19)15(13)20-16(21)10(2)18/h3-8,10H,1-2H3. The van der Waals surface area contributed by atoms with Crippen LogP contribution in [0.25, 0.3) is 16.7 Å². The molecule has 0 fully saturated rings. The number of aromatic nitrogens is 2. The van der Waals surface area contributed by atoms with Gasteiger partial charge in [-0.05, 0) is 53.5 Å². The lowest BCUT2D eigenvalue weighted by atomic mass is 10.2. The molecule has 2 aromatic carbocycles. The van der Waals surface area contributed by atoms with Crippen molar-refractivity contribution in [3.05, 3.63) is 57.3 Å². The van der Waals surface area contributed by atoms with E-state index in [1.807, 2.05) is 37.3 Å². The van der Waals surface area contributed by atoms with Crippen LogP contribution in [-0.2, 0) is 0 Å². The molecule has 1 heterocycles. The van der Waals surface area contributed by atoms with Crippen molar-refractivity contribution in [3.63, 3.8) is 0 Å². The molecular weight excluding hydrogens is 371 g/mol. The average molecular weight is 384 g/mol. The Morgan fingerprint density at radius 2 is 1.90 bits per heavy atom. The number of fused-ring (bicyclic) bond motifs is 1. The van der Waals surface area contributed by atoms with Crippen LogP contribution in [0.3, 0.4) is 0 Å². The summed E-state index contributed by atoms with van der Waals surface area (Å²) in [6.45, 7) is 3.97. The molecule has 3 aromatic rings.